The zero-order valence-corrected chi connectivity index (χ0v) is 20.7. The van der Waals surface area contributed by atoms with Gasteiger partial charge in [0.1, 0.15) is 17.8 Å². The molecule has 0 spiro atoms. The molecule has 35 heavy (non-hydrogen) atoms. The van der Waals surface area contributed by atoms with Crippen molar-refractivity contribution in [2.24, 2.45) is 5.41 Å². The van der Waals surface area contributed by atoms with Crippen molar-refractivity contribution in [1.29, 1.82) is 0 Å². The van der Waals surface area contributed by atoms with Gasteiger partial charge in [0.05, 0.1) is 18.4 Å². The highest BCUT2D eigenvalue weighted by atomic mass is 16.5. The van der Waals surface area contributed by atoms with Crippen LogP contribution in [0.3, 0.4) is 0 Å². The van der Waals surface area contributed by atoms with Gasteiger partial charge in [-0.1, -0.05) is 38.1 Å². The van der Waals surface area contributed by atoms with E-state index in [-0.39, 0.29) is 24.8 Å². The van der Waals surface area contributed by atoms with Crippen molar-refractivity contribution in [3.8, 4) is 5.75 Å². The van der Waals surface area contributed by atoms with Gasteiger partial charge in [-0.05, 0) is 48.3 Å². The molecule has 9 heteroatoms. The summed E-state index contributed by atoms with van der Waals surface area (Å²) in [4.78, 5) is 28.5. The molecule has 0 bridgehead atoms. The average molecular weight is 482 g/mol. The van der Waals surface area contributed by atoms with Gasteiger partial charge in [-0.3, -0.25) is 9.59 Å². The summed E-state index contributed by atoms with van der Waals surface area (Å²) >= 11 is 0. The average Bonchev–Trinajstić information content (AvgIpc) is 3.43. The van der Waals surface area contributed by atoms with E-state index in [1.165, 1.54) is 4.90 Å². The molecule has 5 rings (SSSR count). The Kier molecular flexibility index (Phi) is 6.29. The van der Waals surface area contributed by atoms with E-state index in [4.69, 9.17) is 4.74 Å². The lowest BCUT2D eigenvalue weighted by Gasteiger charge is -2.34. The van der Waals surface area contributed by atoms with E-state index in [0.29, 0.717) is 12.5 Å². The van der Waals surface area contributed by atoms with Crippen LogP contribution < -0.4 is 10.1 Å². The van der Waals surface area contributed by atoms with Crippen LogP contribution in [0.5, 0.6) is 5.75 Å². The Labute approximate surface area is 205 Å². The fourth-order valence-corrected chi connectivity index (χ4v) is 5.16. The molecule has 2 aromatic rings. The highest BCUT2D eigenvalue weighted by molar-refractivity contribution is 5.90. The zero-order chi connectivity index (χ0) is 24.7. The largest absolute Gasteiger partial charge is 0.493 e. The molecule has 2 aliphatic heterocycles. The minimum atomic E-state index is -0.742. The van der Waals surface area contributed by atoms with Gasteiger partial charge in [-0.25, -0.2) is 4.68 Å². The van der Waals surface area contributed by atoms with Gasteiger partial charge in [0.25, 0.3) is 0 Å². The van der Waals surface area contributed by atoms with Crippen LogP contribution >= 0.6 is 0 Å². The molecular formula is C26H35N5O4. The Hall–Kier alpha value is -2.94. The fraction of sp³-hybridized carbons (Fsp3) is 0.615. The van der Waals surface area contributed by atoms with Gasteiger partial charge in [0.2, 0.25) is 11.8 Å². The summed E-state index contributed by atoms with van der Waals surface area (Å²) in [5, 5.41) is 22.0. The first-order chi connectivity index (χ1) is 16.7. The molecule has 1 saturated carbocycles. The minimum Gasteiger partial charge on any atom is -0.493 e. The van der Waals surface area contributed by atoms with Crippen molar-refractivity contribution in [3.63, 3.8) is 0 Å². The Morgan fingerprint density at radius 2 is 2.09 bits per heavy atom. The number of aryl methyl sites for hydroxylation is 1. The number of aromatic nitrogens is 3. The van der Waals surface area contributed by atoms with Crippen molar-refractivity contribution in [3.05, 3.63) is 41.2 Å². The number of aliphatic hydroxyl groups is 1. The first-order valence-corrected chi connectivity index (χ1v) is 12.6. The van der Waals surface area contributed by atoms with E-state index in [1.807, 2.05) is 39.1 Å². The van der Waals surface area contributed by atoms with Gasteiger partial charge in [0.15, 0.2) is 0 Å². The highest BCUT2D eigenvalue weighted by Gasteiger charge is 2.45. The van der Waals surface area contributed by atoms with Crippen LogP contribution in [0.2, 0.25) is 0 Å². The molecule has 3 aliphatic rings. The molecule has 2 amide bonds. The van der Waals surface area contributed by atoms with Crippen molar-refractivity contribution in [1.82, 2.24) is 25.2 Å². The maximum Gasteiger partial charge on any atom is 0.248 e. The van der Waals surface area contributed by atoms with Crippen molar-refractivity contribution >= 4 is 11.8 Å². The Bertz CT molecular complexity index is 1100. The molecule has 1 aromatic carbocycles. The van der Waals surface area contributed by atoms with E-state index in [2.05, 4.69) is 21.7 Å². The lowest BCUT2D eigenvalue weighted by Crippen LogP contribution is -2.50. The monoisotopic (exact) mass is 481 g/mol. The summed E-state index contributed by atoms with van der Waals surface area (Å²) in [6.45, 7) is 7.17. The second-order valence-electron chi connectivity index (χ2n) is 11.2. The number of nitrogens with one attached hydrogen (secondary N) is 1. The smallest absolute Gasteiger partial charge is 0.248 e. The maximum atomic E-state index is 13.8. The third-order valence-electron chi connectivity index (χ3n) is 7.15. The highest BCUT2D eigenvalue weighted by Crippen LogP contribution is 2.40. The van der Waals surface area contributed by atoms with E-state index in [0.717, 1.165) is 54.9 Å². The predicted molar refractivity (Wildman–Crippen MR) is 129 cm³/mol. The van der Waals surface area contributed by atoms with Gasteiger partial charge in [0, 0.05) is 31.6 Å². The number of ether oxygens (including phenoxy) is 1. The topological polar surface area (TPSA) is 110 Å². The minimum absolute atomic E-state index is 0.129. The summed E-state index contributed by atoms with van der Waals surface area (Å²) in [7, 11) is 0. The Morgan fingerprint density at radius 3 is 2.83 bits per heavy atom. The number of amides is 2. The number of nitrogens with zero attached hydrogens (tertiary/aromatic N) is 4. The Morgan fingerprint density at radius 1 is 1.29 bits per heavy atom. The number of likely N-dealkylation sites (tertiary alicyclic amines) is 1. The van der Waals surface area contributed by atoms with E-state index < -0.39 is 23.6 Å². The van der Waals surface area contributed by atoms with Crippen LogP contribution in [0.15, 0.2) is 24.4 Å². The van der Waals surface area contributed by atoms with Crippen LogP contribution in [0, 0.1) is 5.41 Å². The number of carbonyl (C=O) groups is 2. The lowest BCUT2D eigenvalue weighted by atomic mass is 9.85. The molecule has 2 N–H and O–H groups in total. The number of benzene rings is 1. The first kappa shape index (κ1) is 23.8. The van der Waals surface area contributed by atoms with Crippen molar-refractivity contribution < 1.29 is 19.4 Å². The maximum absolute atomic E-state index is 13.8. The molecule has 0 radical (unpaired) electrons. The van der Waals surface area contributed by atoms with Crippen molar-refractivity contribution in [2.75, 3.05) is 13.2 Å². The first-order valence-electron chi connectivity index (χ1n) is 12.6. The predicted octanol–water partition coefficient (Wildman–Crippen LogP) is 2.35. The lowest BCUT2D eigenvalue weighted by molar-refractivity contribution is -0.144. The zero-order valence-electron chi connectivity index (χ0n) is 20.7. The van der Waals surface area contributed by atoms with Crippen LogP contribution in [0.4, 0.5) is 0 Å². The molecule has 188 valence electrons. The molecule has 1 aromatic heterocycles. The molecule has 3 heterocycles. The normalized spacial score (nSPS) is 22.9. The molecule has 2 fully saturated rings. The summed E-state index contributed by atoms with van der Waals surface area (Å²) < 4.78 is 7.31. The summed E-state index contributed by atoms with van der Waals surface area (Å²) in [6, 6.07) is 4.62. The number of rotatable bonds is 6. The van der Waals surface area contributed by atoms with Crippen LogP contribution in [0.1, 0.15) is 75.2 Å². The fourth-order valence-electron chi connectivity index (χ4n) is 5.16. The standard InChI is InChI=1S/C26H35N5O4/c1-26(2,3)23(31-15-20(28-29-31)17-7-8-17)25(34)30-14-19(32)12-21(30)24(33)27-13-16-6-9-22-18(11-16)5-4-10-35-22/h6,9,11,15,17,19,21,23,32H,4-5,7-8,10,12-14H2,1-3H3,(H,27,33)/t19?,21?,23-/m1/s1. The van der Waals surface area contributed by atoms with E-state index in [9.17, 15) is 14.7 Å². The second kappa shape index (κ2) is 9.26. The number of fused-ring (bicyclic) bond motifs is 1. The number of carbonyl (C=O) groups excluding carboxylic acids is 2. The molecule has 9 nitrogen and oxygen atoms in total. The van der Waals surface area contributed by atoms with Crippen LogP contribution in [-0.2, 0) is 22.6 Å². The third-order valence-corrected chi connectivity index (χ3v) is 7.15. The number of hydrogen-bond donors (Lipinski definition) is 2. The van der Waals surface area contributed by atoms with Gasteiger partial charge >= 0.3 is 0 Å². The van der Waals surface area contributed by atoms with Gasteiger partial charge in [-0.2, -0.15) is 0 Å². The second-order valence-corrected chi connectivity index (χ2v) is 11.2. The van der Waals surface area contributed by atoms with Gasteiger partial charge < -0.3 is 20.1 Å². The number of β-amino-alcohol motifs (C(OH)–C–C–N with tert-alkyl or cyclic N) is 1. The molecule has 1 saturated heterocycles. The Balaban J connectivity index is 1.30. The molecular weight excluding hydrogens is 446 g/mol. The summed E-state index contributed by atoms with van der Waals surface area (Å²) in [6.07, 6.45) is 5.50. The van der Waals surface area contributed by atoms with Crippen molar-refractivity contribution in [2.45, 2.75) is 83.5 Å². The quantitative estimate of drug-likeness (QED) is 0.656. The molecule has 3 atom stereocenters. The molecule has 2 unspecified atom stereocenters. The molecule has 1 aliphatic carbocycles. The number of aliphatic hydroxyl groups excluding tert-OH is 1. The van der Waals surface area contributed by atoms with E-state index >= 15 is 0 Å². The van der Waals surface area contributed by atoms with Crippen LogP contribution in [0.25, 0.3) is 0 Å². The summed E-state index contributed by atoms with van der Waals surface area (Å²) in [5.74, 6) is 0.871. The van der Waals surface area contributed by atoms with Crippen LogP contribution in [-0.4, -0.2) is 62.1 Å². The third kappa shape index (κ3) is 5.05. The number of hydrogen-bond acceptors (Lipinski definition) is 6. The SMILES string of the molecule is CC(C)(C)[C@@H](C(=O)N1CC(O)CC1C(=O)NCc1ccc2c(c1)CCCO2)n1cc(C2CC2)nn1. The van der Waals surface area contributed by atoms with Gasteiger partial charge in [-0.15, -0.1) is 5.10 Å². The van der Waals surface area contributed by atoms with E-state index in [1.54, 1.807) is 4.68 Å². The summed E-state index contributed by atoms with van der Waals surface area (Å²) in [5.41, 5.74) is 2.60.